The minimum absolute atomic E-state index is 0.149. The molecule has 0 amide bonds. The van der Waals surface area contributed by atoms with Gasteiger partial charge in [-0.2, -0.15) is 13.2 Å². The van der Waals surface area contributed by atoms with Crippen LogP contribution in [0.3, 0.4) is 0 Å². The Morgan fingerprint density at radius 3 is 2.55 bits per heavy atom. The zero-order valence-electron chi connectivity index (χ0n) is 10.0. The maximum atomic E-state index is 12.6. The summed E-state index contributed by atoms with van der Waals surface area (Å²) in [7, 11) is 0. The lowest BCUT2D eigenvalue weighted by molar-refractivity contribution is -0.137. The third kappa shape index (κ3) is 3.31. The summed E-state index contributed by atoms with van der Waals surface area (Å²) < 4.78 is 37.9. The van der Waals surface area contributed by atoms with Gasteiger partial charge in [-0.1, -0.05) is 11.6 Å². The first-order valence-corrected chi connectivity index (χ1v) is 5.84. The Morgan fingerprint density at radius 1 is 1.15 bits per heavy atom. The Hall–Kier alpha value is -1.99. The van der Waals surface area contributed by atoms with Gasteiger partial charge in [-0.05, 0) is 24.3 Å². The van der Waals surface area contributed by atoms with Crippen molar-refractivity contribution in [3.05, 3.63) is 47.1 Å². The molecule has 0 unspecified atom stereocenters. The van der Waals surface area contributed by atoms with E-state index in [1.165, 1.54) is 18.3 Å². The first kappa shape index (κ1) is 14.4. The highest BCUT2D eigenvalue weighted by molar-refractivity contribution is 6.33. The van der Waals surface area contributed by atoms with Crippen LogP contribution in [0.4, 0.5) is 30.4 Å². The smallest absolute Gasteiger partial charge is 0.354 e. The van der Waals surface area contributed by atoms with Gasteiger partial charge >= 0.3 is 6.18 Å². The van der Waals surface area contributed by atoms with Gasteiger partial charge in [0.25, 0.3) is 0 Å². The van der Waals surface area contributed by atoms with Crippen LogP contribution in [0, 0.1) is 0 Å². The molecule has 1 aromatic heterocycles. The van der Waals surface area contributed by atoms with Crippen molar-refractivity contribution in [1.29, 1.82) is 0 Å². The van der Waals surface area contributed by atoms with E-state index in [2.05, 4.69) is 15.7 Å². The average Bonchev–Trinajstić information content (AvgIpc) is 2.40. The highest BCUT2D eigenvalue weighted by Gasteiger charge is 2.30. The van der Waals surface area contributed by atoms with Gasteiger partial charge in [-0.25, -0.2) is 10.8 Å². The number of benzene rings is 1. The third-order valence-corrected chi connectivity index (χ3v) is 2.81. The molecule has 1 heterocycles. The number of hydrazine groups is 1. The average molecular weight is 303 g/mol. The summed E-state index contributed by atoms with van der Waals surface area (Å²) in [6.07, 6.45) is -2.97. The zero-order chi connectivity index (χ0) is 14.8. The van der Waals surface area contributed by atoms with Crippen LogP contribution in [0.1, 0.15) is 5.56 Å². The van der Waals surface area contributed by atoms with Gasteiger partial charge in [0.2, 0.25) is 0 Å². The van der Waals surface area contributed by atoms with E-state index < -0.39 is 11.7 Å². The number of hydrogen-bond donors (Lipinski definition) is 3. The fraction of sp³-hybridized carbons (Fsp3) is 0.0833. The fourth-order valence-electron chi connectivity index (χ4n) is 1.54. The molecule has 1 aromatic carbocycles. The normalized spacial score (nSPS) is 11.2. The summed E-state index contributed by atoms with van der Waals surface area (Å²) in [4.78, 5) is 3.89. The van der Waals surface area contributed by atoms with E-state index in [4.69, 9.17) is 17.4 Å². The summed E-state index contributed by atoms with van der Waals surface area (Å²) >= 11 is 5.88. The van der Waals surface area contributed by atoms with Gasteiger partial charge in [0.15, 0.2) is 0 Å². The minimum atomic E-state index is -4.43. The van der Waals surface area contributed by atoms with Crippen molar-refractivity contribution in [2.24, 2.45) is 5.84 Å². The Kier molecular flexibility index (Phi) is 4.01. The Morgan fingerprint density at radius 2 is 1.90 bits per heavy atom. The lowest BCUT2D eigenvalue weighted by Gasteiger charge is -2.12. The Labute approximate surface area is 117 Å². The molecule has 0 saturated heterocycles. The van der Waals surface area contributed by atoms with Gasteiger partial charge in [-0.15, -0.1) is 0 Å². The van der Waals surface area contributed by atoms with Crippen LogP contribution in [0.5, 0.6) is 0 Å². The van der Waals surface area contributed by atoms with Gasteiger partial charge in [0, 0.05) is 18.0 Å². The number of pyridine rings is 1. The van der Waals surface area contributed by atoms with E-state index in [0.717, 1.165) is 12.1 Å². The molecule has 0 fully saturated rings. The quantitative estimate of drug-likeness (QED) is 0.596. The predicted octanol–water partition coefficient (Wildman–Crippen LogP) is 3.78. The molecule has 0 aliphatic heterocycles. The van der Waals surface area contributed by atoms with Crippen LogP contribution in [0.25, 0.3) is 0 Å². The van der Waals surface area contributed by atoms with Crippen LogP contribution in [-0.2, 0) is 6.18 Å². The molecule has 0 bridgehead atoms. The highest BCUT2D eigenvalue weighted by atomic mass is 35.5. The molecule has 106 valence electrons. The molecule has 20 heavy (non-hydrogen) atoms. The standard InChI is InChI=1S/C12H10ClF3N4/c13-9-2-1-7(12(14,15)16)5-10(9)19-8-3-4-18-11(6-8)20-17/h1-6H,17H2,(H2,18,19,20). The van der Waals surface area contributed by atoms with Crippen molar-refractivity contribution >= 4 is 28.8 Å². The Bertz CT molecular complexity index is 616. The van der Waals surface area contributed by atoms with Gasteiger partial charge in [0.1, 0.15) is 5.82 Å². The minimum Gasteiger partial charge on any atom is -0.354 e. The number of nitrogen functional groups attached to an aromatic ring is 1. The van der Waals surface area contributed by atoms with Crippen molar-refractivity contribution in [1.82, 2.24) is 4.98 Å². The molecule has 0 saturated carbocycles. The second-order valence-corrected chi connectivity index (χ2v) is 4.30. The van der Waals surface area contributed by atoms with Crippen LogP contribution < -0.4 is 16.6 Å². The summed E-state index contributed by atoms with van der Waals surface area (Å²) in [5, 5.41) is 2.97. The predicted molar refractivity (Wildman–Crippen MR) is 71.8 cm³/mol. The van der Waals surface area contributed by atoms with Crippen molar-refractivity contribution < 1.29 is 13.2 Å². The SMILES string of the molecule is NNc1cc(Nc2cc(C(F)(F)F)ccc2Cl)ccn1. The van der Waals surface area contributed by atoms with Crippen molar-refractivity contribution in [2.75, 3.05) is 10.7 Å². The number of aromatic nitrogens is 1. The number of hydrogen-bond acceptors (Lipinski definition) is 4. The van der Waals surface area contributed by atoms with Crippen LogP contribution in [0.2, 0.25) is 5.02 Å². The number of nitrogens with one attached hydrogen (secondary N) is 2. The van der Waals surface area contributed by atoms with Crippen molar-refractivity contribution in [3.63, 3.8) is 0 Å². The first-order valence-electron chi connectivity index (χ1n) is 5.46. The number of rotatable bonds is 3. The number of nitrogens with two attached hydrogens (primary N) is 1. The number of halogens is 4. The lowest BCUT2D eigenvalue weighted by atomic mass is 10.2. The van der Waals surface area contributed by atoms with Gasteiger partial charge < -0.3 is 10.7 Å². The van der Waals surface area contributed by atoms with E-state index in [1.807, 2.05) is 0 Å². The van der Waals surface area contributed by atoms with E-state index in [-0.39, 0.29) is 10.7 Å². The molecule has 0 aliphatic rings. The molecule has 2 aromatic rings. The number of alkyl halides is 3. The summed E-state index contributed by atoms with van der Waals surface area (Å²) in [5.41, 5.74) is 2.21. The molecule has 4 nitrogen and oxygen atoms in total. The van der Waals surface area contributed by atoms with Crippen molar-refractivity contribution in [2.45, 2.75) is 6.18 Å². The molecule has 0 aliphatic carbocycles. The van der Waals surface area contributed by atoms with Crippen molar-refractivity contribution in [3.8, 4) is 0 Å². The molecule has 2 rings (SSSR count). The van der Waals surface area contributed by atoms with Crippen LogP contribution in [0.15, 0.2) is 36.5 Å². The largest absolute Gasteiger partial charge is 0.416 e. The second-order valence-electron chi connectivity index (χ2n) is 3.89. The lowest BCUT2D eigenvalue weighted by Crippen LogP contribution is -2.08. The Balaban J connectivity index is 2.32. The molecule has 4 N–H and O–H groups in total. The maximum absolute atomic E-state index is 12.6. The zero-order valence-corrected chi connectivity index (χ0v) is 10.8. The van der Waals surface area contributed by atoms with E-state index in [0.29, 0.717) is 11.5 Å². The number of anilines is 3. The summed E-state index contributed by atoms with van der Waals surface area (Å²) in [5.74, 6) is 5.58. The molecular weight excluding hydrogens is 293 g/mol. The van der Waals surface area contributed by atoms with Crippen LogP contribution >= 0.6 is 11.6 Å². The molecular formula is C12H10ClF3N4. The monoisotopic (exact) mass is 302 g/mol. The second kappa shape index (κ2) is 5.56. The fourth-order valence-corrected chi connectivity index (χ4v) is 1.70. The molecule has 0 atom stereocenters. The topological polar surface area (TPSA) is 63.0 Å². The van der Waals surface area contributed by atoms with Gasteiger partial charge in [-0.3, -0.25) is 0 Å². The summed E-state index contributed by atoms with van der Waals surface area (Å²) in [6.45, 7) is 0. The summed E-state index contributed by atoms with van der Waals surface area (Å²) in [6, 6.07) is 6.18. The highest BCUT2D eigenvalue weighted by Crippen LogP contribution is 2.35. The maximum Gasteiger partial charge on any atom is 0.416 e. The molecule has 0 radical (unpaired) electrons. The van der Waals surface area contributed by atoms with Gasteiger partial charge in [0.05, 0.1) is 16.3 Å². The number of nitrogens with zero attached hydrogens (tertiary/aromatic N) is 1. The third-order valence-electron chi connectivity index (χ3n) is 2.48. The van der Waals surface area contributed by atoms with Crippen LogP contribution in [-0.4, -0.2) is 4.98 Å². The first-order chi connectivity index (χ1) is 9.40. The molecule has 8 heteroatoms. The molecule has 0 spiro atoms. The van der Waals surface area contributed by atoms with E-state index in [1.54, 1.807) is 6.07 Å². The van der Waals surface area contributed by atoms with E-state index in [9.17, 15) is 13.2 Å². The van der Waals surface area contributed by atoms with E-state index >= 15 is 0 Å².